The van der Waals surface area contributed by atoms with Gasteiger partial charge in [-0.1, -0.05) is 0 Å². The van der Waals surface area contributed by atoms with Crippen molar-refractivity contribution < 1.29 is 0 Å². The normalized spacial score (nSPS) is 12.2. The molecular formula is C11H14N2. The Bertz CT molecular complexity index is 421. The van der Waals surface area contributed by atoms with Gasteiger partial charge in [-0.05, 0) is 39.0 Å². The third-order valence-corrected chi connectivity index (χ3v) is 2.18. The van der Waals surface area contributed by atoms with Gasteiger partial charge in [0.1, 0.15) is 0 Å². The van der Waals surface area contributed by atoms with Gasteiger partial charge in [-0.15, -0.1) is 0 Å². The van der Waals surface area contributed by atoms with Crippen LogP contribution in [0, 0.1) is 0 Å². The van der Waals surface area contributed by atoms with Crippen molar-refractivity contribution in [2.75, 3.05) is 0 Å². The summed E-state index contributed by atoms with van der Waals surface area (Å²) in [5.41, 5.74) is 2.40. The van der Waals surface area contributed by atoms with Crippen molar-refractivity contribution in [3.05, 3.63) is 30.6 Å². The second-order valence-electron chi connectivity index (χ2n) is 4.26. The first-order valence-electron chi connectivity index (χ1n) is 4.51. The van der Waals surface area contributed by atoms with E-state index in [2.05, 4.69) is 48.7 Å². The van der Waals surface area contributed by atoms with E-state index < -0.39 is 0 Å². The fourth-order valence-corrected chi connectivity index (χ4v) is 1.55. The van der Waals surface area contributed by atoms with E-state index in [1.54, 1.807) is 0 Å². The number of pyridine rings is 1. The lowest BCUT2D eigenvalue weighted by Crippen LogP contribution is -2.20. The van der Waals surface area contributed by atoms with Crippen molar-refractivity contribution >= 4 is 11.0 Å². The van der Waals surface area contributed by atoms with Crippen molar-refractivity contribution in [3.8, 4) is 0 Å². The summed E-state index contributed by atoms with van der Waals surface area (Å²) in [5.74, 6) is 0. The fraction of sp³-hybridized carbons (Fsp3) is 0.364. The van der Waals surface area contributed by atoms with Crippen LogP contribution in [0.3, 0.4) is 0 Å². The topological polar surface area (TPSA) is 17.8 Å². The van der Waals surface area contributed by atoms with E-state index in [4.69, 9.17) is 0 Å². The Hall–Kier alpha value is -1.31. The molecule has 0 atom stereocenters. The first kappa shape index (κ1) is 8.30. The summed E-state index contributed by atoms with van der Waals surface area (Å²) < 4.78 is 2.25. The van der Waals surface area contributed by atoms with Gasteiger partial charge in [0.25, 0.3) is 0 Å². The van der Waals surface area contributed by atoms with Crippen molar-refractivity contribution in [1.82, 2.24) is 9.55 Å². The van der Waals surface area contributed by atoms with Gasteiger partial charge in [0.2, 0.25) is 0 Å². The van der Waals surface area contributed by atoms with Gasteiger partial charge in [0.05, 0.1) is 11.0 Å². The van der Waals surface area contributed by atoms with Crippen LogP contribution in [0.1, 0.15) is 20.8 Å². The van der Waals surface area contributed by atoms with Gasteiger partial charge in [-0.3, -0.25) is 4.98 Å². The average Bonchev–Trinajstić information content (AvgIpc) is 2.45. The molecule has 0 amide bonds. The van der Waals surface area contributed by atoms with Crippen LogP contribution in [-0.4, -0.2) is 9.55 Å². The van der Waals surface area contributed by atoms with Gasteiger partial charge in [0.15, 0.2) is 0 Å². The highest BCUT2D eigenvalue weighted by Gasteiger charge is 2.14. The molecule has 2 rings (SSSR count). The highest BCUT2D eigenvalue weighted by molar-refractivity contribution is 5.75. The minimum Gasteiger partial charge on any atom is -0.341 e. The summed E-state index contributed by atoms with van der Waals surface area (Å²) >= 11 is 0. The molecule has 0 aromatic carbocycles. The van der Waals surface area contributed by atoms with E-state index in [1.165, 1.54) is 5.52 Å². The molecule has 2 heteroatoms. The zero-order valence-corrected chi connectivity index (χ0v) is 8.28. The van der Waals surface area contributed by atoms with Crippen LogP contribution in [0.15, 0.2) is 30.6 Å². The van der Waals surface area contributed by atoms with Gasteiger partial charge in [-0.25, -0.2) is 0 Å². The lowest BCUT2D eigenvalue weighted by atomic mass is 10.1. The SMILES string of the molecule is CC(C)(C)n1ccc2ncccc21. The Morgan fingerprint density at radius 1 is 1.23 bits per heavy atom. The highest BCUT2D eigenvalue weighted by atomic mass is 15.0. The summed E-state index contributed by atoms with van der Waals surface area (Å²) in [6, 6.07) is 6.14. The zero-order valence-electron chi connectivity index (χ0n) is 8.28. The van der Waals surface area contributed by atoms with E-state index in [0.29, 0.717) is 0 Å². The smallest absolute Gasteiger partial charge is 0.0881 e. The second-order valence-corrected chi connectivity index (χ2v) is 4.26. The molecule has 13 heavy (non-hydrogen) atoms. The third-order valence-electron chi connectivity index (χ3n) is 2.18. The van der Waals surface area contributed by atoms with Gasteiger partial charge >= 0.3 is 0 Å². The molecule has 0 aliphatic rings. The van der Waals surface area contributed by atoms with Crippen molar-refractivity contribution in [1.29, 1.82) is 0 Å². The molecule has 2 heterocycles. The van der Waals surface area contributed by atoms with E-state index in [-0.39, 0.29) is 5.54 Å². The molecule has 0 fully saturated rings. The predicted molar refractivity (Wildman–Crippen MR) is 54.7 cm³/mol. The maximum Gasteiger partial charge on any atom is 0.0881 e. The Morgan fingerprint density at radius 3 is 2.69 bits per heavy atom. The molecule has 0 bridgehead atoms. The Morgan fingerprint density at radius 2 is 2.00 bits per heavy atom. The Labute approximate surface area is 78.2 Å². The minimum absolute atomic E-state index is 0.130. The number of rotatable bonds is 0. The molecular weight excluding hydrogens is 160 g/mol. The van der Waals surface area contributed by atoms with Gasteiger partial charge in [-0.2, -0.15) is 0 Å². The molecule has 2 aromatic rings. The second kappa shape index (κ2) is 2.59. The molecule has 0 aliphatic carbocycles. The summed E-state index contributed by atoms with van der Waals surface area (Å²) in [7, 11) is 0. The summed E-state index contributed by atoms with van der Waals surface area (Å²) in [4.78, 5) is 4.29. The number of fused-ring (bicyclic) bond motifs is 1. The molecule has 0 unspecified atom stereocenters. The largest absolute Gasteiger partial charge is 0.341 e. The van der Waals surface area contributed by atoms with Crippen LogP contribution in [0.2, 0.25) is 0 Å². The highest BCUT2D eigenvalue weighted by Crippen LogP contribution is 2.21. The van der Waals surface area contributed by atoms with Crippen LogP contribution in [-0.2, 0) is 5.54 Å². The first-order valence-corrected chi connectivity index (χ1v) is 4.51. The fourth-order valence-electron chi connectivity index (χ4n) is 1.55. The van der Waals surface area contributed by atoms with Gasteiger partial charge in [0, 0.05) is 17.9 Å². The summed E-state index contributed by atoms with van der Waals surface area (Å²) in [6.07, 6.45) is 3.92. The lowest BCUT2D eigenvalue weighted by Gasteiger charge is -2.22. The Kier molecular flexibility index (Phi) is 1.65. The molecule has 2 aromatic heterocycles. The third kappa shape index (κ3) is 1.32. The molecule has 0 aliphatic heterocycles. The number of nitrogens with zero attached hydrogens (tertiary/aromatic N) is 2. The molecule has 0 saturated carbocycles. The first-order chi connectivity index (χ1) is 6.09. The van der Waals surface area contributed by atoms with E-state index in [9.17, 15) is 0 Å². The quantitative estimate of drug-likeness (QED) is 0.600. The standard InChI is InChI=1S/C11H14N2/c1-11(2,3)13-8-6-9-10(13)5-4-7-12-9/h4-8H,1-3H3. The maximum absolute atomic E-state index is 4.29. The maximum atomic E-state index is 4.29. The molecule has 2 nitrogen and oxygen atoms in total. The van der Waals surface area contributed by atoms with Crippen LogP contribution in [0.5, 0.6) is 0 Å². The van der Waals surface area contributed by atoms with E-state index >= 15 is 0 Å². The number of hydrogen-bond donors (Lipinski definition) is 0. The average molecular weight is 174 g/mol. The van der Waals surface area contributed by atoms with Crippen LogP contribution in [0.4, 0.5) is 0 Å². The summed E-state index contributed by atoms with van der Waals surface area (Å²) in [6.45, 7) is 6.58. The van der Waals surface area contributed by atoms with Crippen LogP contribution < -0.4 is 0 Å². The van der Waals surface area contributed by atoms with Crippen LogP contribution in [0.25, 0.3) is 11.0 Å². The number of aromatic nitrogens is 2. The van der Waals surface area contributed by atoms with Crippen molar-refractivity contribution in [3.63, 3.8) is 0 Å². The van der Waals surface area contributed by atoms with Crippen molar-refractivity contribution in [2.24, 2.45) is 0 Å². The van der Waals surface area contributed by atoms with E-state index in [1.807, 2.05) is 12.3 Å². The van der Waals surface area contributed by atoms with Crippen molar-refractivity contribution in [2.45, 2.75) is 26.3 Å². The molecule has 0 spiro atoms. The monoisotopic (exact) mass is 174 g/mol. The lowest BCUT2D eigenvalue weighted by molar-refractivity contribution is 0.411. The summed E-state index contributed by atoms with van der Waals surface area (Å²) in [5, 5.41) is 0. The molecule has 0 saturated heterocycles. The van der Waals surface area contributed by atoms with Crippen LogP contribution >= 0.6 is 0 Å². The molecule has 0 radical (unpaired) electrons. The van der Waals surface area contributed by atoms with Gasteiger partial charge < -0.3 is 4.57 Å². The predicted octanol–water partition coefficient (Wildman–Crippen LogP) is 2.79. The minimum atomic E-state index is 0.130. The molecule has 0 N–H and O–H groups in total. The number of hydrogen-bond acceptors (Lipinski definition) is 1. The molecule has 68 valence electrons. The Balaban J connectivity index is 2.72. The van der Waals surface area contributed by atoms with E-state index in [0.717, 1.165) is 5.52 Å². The zero-order chi connectivity index (χ0) is 9.47.